The molecule has 3 atom stereocenters. The maximum atomic E-state index is 13.6. The number of hydroxylamine groups is 1. The van der Waals surface area contributed by atoms with Crippen LogP contribution in [0.25, 0.3) is 0 Å². The highest BCUT2D eigenvalue weighted by Crippen LogP contribution is 2.48. The first-order valence-electron chi connectivity index (χ1n) is 9.94. The number of fused-ring (bicyclic) bond motifs is 1. The summed E-state index contributed by atoms with van der Waals surface area (Å²) in [6.07, 6.45) is -1.09. The maximum Gasteiger partial charge on any atom is 0.336 e. The molecule has 32 heavy (non-hydrogen) atoms. The third-order valence-electron chi connectivity index (χ3n) is 5.70. The number of nitrogens with zero attached hydrogens (tertiary/aromatic N) is 2. The first kappa shape index (κ1) is 20.2. The zero-order chi connectivity index (χ0) is 22.4. The molecule has 0 unspecified atom stereocenters. The summed E-state index contributed by atoms with van der Waals surface area (Å²) < 4.78 is 0. The van der Waals surface area contributed by atoms with Crippen LogP contribution in [0.15, 0.2) is 78.9 Å². The zero-order valence-electron chi connectivity index (χ0n) is 16.6. The molecule has 2 amide bonds. The molecule has 0 radical (unpaired) electrons. The molecule has 160 valence electrons. The van der Waals surface area contributed by atoms with E-state index in [1.165, 1.54) is 17.2 Å². The van der Waals surface area contributed by atoms with Gasteiger partial charge in [0.15, 0.2) is 6.10 Å². The van der Waals surface area contributed by atoms with Crippen molar-refractivity contribution < 1.29 is 24.3 Å². The molecular weight excluding hydrogens is 432 g/mol. The van der Waals surface area contributed by atoms with E-state index in [1.54, 1.807) is 60.7 Å². The maximum absolute atomic E-state index is 13.6. The van der Waals surface area contributed by atoms with Crippen LogP contribution in [0.2, 0.25) is 5.02 Å². The highest BCUT2D eigenvalue weighted by atomic mass is 35.5. The Hall–Kier alpha value is -3.68. The van der Waals surface area contributed by atoms with Crippen molar-refractivity contribution in [2.24, 2.45) is 5.92 Å². The van der Waals surface area contributed by atoms with Crippen LogP contribution in [-0.2, 0) is 14.4 Å². The van der Waals surface area contributed by atoms with Gasteiger partial charge >= 0.3 is 5.97 Å². The number of benzene rings is 3. The van der Waals surface area contributed by atoms with E-state index in [0.717, 1.165) is 4.90 Å². The lowest BCUT2D eigenvalue weighted by Crippen LogP contribution is -2.37. The second kappa shape index (κ2) is 7.78. The van der Waals surface area contributed by atoms with Gasteiger partial charge in [0.25, 0.3) is 5.91 Å². The Morgan fingerprint density at radius 3 is 2.28 bits per heavy atom. The molecule has 0 saturated carbocycles. The number of anilines is 2. The van der Waals surface area contributed by atoms with Gasteiger partial charge in [-0.3, -0.25) is 14.4 Å². The summed E-state index contributed by atoms with van der Waals surface area (Å²) in [7, 11) is 0. The van der Waals surface area contributed by atoms with E-state index >= 15 is 0 Å². The molecule has 2 aliphatic rings. The van der Waals surface area contributed by atoms with Crippen LogP contribution in [0.5, 0.6) is 0 Å². The van der Waals surface area contributed by atoms with Crippen LogP contribution in [0.1, 0.15) is 22.0 Å². The third kappa shape index (κ3) is 3.14. The number of halogens is 1. The molecule has 3 aromatic rings. The number of imide groups is 1. The van der Waals surface area contributed by atoms with Crippen molar-refractivity contribution >= 4 is 40.8 Å². The minimum Gasteiger partial charge on any atom is -0.478 e. The molecule has 2 heterocycles. The van der Waals surface area contributed by atoms with E-state index < -0.39 is 35.8 Å². The zero-order valence-corrected chi connectivity index (χ0v) is 17.3. The van der Waals surface area contributed by atoms with Gasteiger partial charge in [-0.15, -0.1) is 0 Å². The van der Waals surface area contributed by atoms with Crippen molar-refractivity contribution in [1.82, 2.24) is 0 Å². The normalized spacial score (nSPS) is 22.3. The Morgan fingerprint density at radius 1 is 0.875 bits per heavy atom. The highest BCUT2D eigenvalue weighted by molar-refractivity contribution is 6.31. The molecule has 7 nitrogen and oxygen atoms in total. The molecular formula is C24H17ClN2O5. The fourth-order valence-electron chi connectivity index (χ4n) is 4.35. The summed E-state index contributed by atoms with van der Waals surface area (Å²) in [6.45, 7) is 0. The number of hydrogen-bond acceptors (Lipinski definition) is 5. The predicted molar refractivity (Wildman–Crippen MR) is 117 cm³/mol. The van der Waals surface area contributed by atoms with Gasteiger partial charge in [0.05, 0.1) is 23.0 Å². The van der Waals surface area contributed by atoms with Gasteiger partial charge in [-0.2, -0.15) is 0 Å². The fraction of sp³-hybridized carbons (Fsp3) is 0.125. The standard InChI is InChI=1S/C24H17ClN2O5/c25-14-7-6-10-16(13-14)26-22(28)19-20(17-11-4-5-12-18(17)24(30)31)27(32-21(19)23(26)29)15-8-2-1-3-9-15/h1-13,19-21H,(H,30,31)/t19-,20-,21-/m1/s1. The minimum absolute atomic E-state index is 0.0455. The Kier molecular flexibility index (Phi) is 4.92. The Balaban J connectivity index is 1.64. The van der Waals surface area contributed by atoms with E-state index in [9.17, 15) is 19.5 Å². The van der Waals surface area contributed by atoms with Gasteiger partial charge in [0, 0.05) is 5.02 Å². The van der Waals surface area contributed by atoms with Gasteiger partial charge < -0.3 is 5.11 Å². The van der Waals surface area contributed by atoms with E-state index in [-0.39, 0.29) is 5.56 Å². The lowest BCUT2D eigenvalue weighted by molar-refractivity contribution is -0.126. The number of hydrogen-bond donors (Lipinski definition) is 1. The van der Waals surface area contributed by atoms with Crippen molar-refractivity contribution in [3.8, 4) is 0 Å². The first-order chi connectivity index (χ1) is 15.5. The summed E-state index contributed by atoms with van der Waals surface area (Å²) in [4.78, 5) is 45.9. The fourth-order valence-corrected chi connectivity index (χ4v) is 4.53. The van der Waals surface area contributed by atoms with E-state index in [1.807, 2.05) is 6.07 Å². The molecule has 5 rings (SSSR count). The van der Waals surface area contributed by atoms with Crippen molar-refractivity contribution in [3.05, 3.63) is 95.0 Å². The molecule has 0 aromatic heterocycles. The minimum atomic E-state index is -1.12. The molecule has 8 heteroatoms. The SMILES string of the molecule is O=C(O)c1ccccc1[C@@H]1[C@H]2C(=O)N(c3cccc(Cl)c3)C(=O)[C@@H]2ON1c1ccccc1. The Bertz CT molecular complexity index is 1230. The molecule has 2 saturated heterocycles. The number of carboxylic acid groups (broad SMARTS) is 1. The van der Waals surface area contributed by atoms with Crippen molar-refractivity contribution in [3.63, 3.8) is 0 Å². The number of rotatable bonds is 4. The number of para-hydroxylation sites is 1. The van der Waals surface area contributed by atoms with Crippen molar-refractivity contribution in [2.75, 3.05) is 9.96 Å². The lowest BCUT2D eigenvalue weighted by atomic mass is 9.88. The Morgan fingerprint density at radius 2 is 1.56 bits per heavy atom. The van der Waals surface area contributed by atoms with Crippen LogP contribution >= 0.6 is 11.6 Å². The molecule has 0 bridgehead atoms. The van der Waals surface area contributed by atoms with Gasteiger partial charge in [0.1, 0.15) is 5.92 Å². The van der Waals surface area contributed by atoms with E-state index in [4.69, 9.17) is 16.4 Å². The largest absolute Gasteiger partial charge is 0.478 e. The number of carboxylic acids is 1. The van der Waals surface area contributed by atoms with Crippen LogP contribution in [-0.4, -0.2) is 29.0 Å². The summed E-state index contributed by atoms with van der Waals surface area (Å²) in [5, 5.41) is 11.6. The number of carbonyl (C=O) groups is 3. The average Bonchev–Trinajstić information content (AvgIpc) is 3.30. The number of amides is 2. The molecule has 2 aliphatic heterocycles. The van der Waals surface area contributed by atoms with Gasteiger partial charge in [-0.25, -0.2) is 14.8 Å². The van der Waals surface area contributed by atoms with Gasteiger partial charge in [-0.05, 0) is 42.0 Å². The second-order valence-electron chi connectivity index (χ2n) is 7.54. The highest BCUT2D eigenvalue weighted by Gasteiger charge is 2.60. The Labute approximate surface area is 188 Å². The van der Waals surface area contributed by atoms with Crippen molar-refractivity contribution in [2.45, 2.75) is 12.1 Å². The predicted octanol–water partition coefficient (Wildman–Crippen LogP) is 4.09. The summed E-state index contributed by atoms with van der Waals surface area (Å²) in [6, 6.07) is 21.1. The number of aromatic carboxylic acids is 1. The van der Waals surface area contributed by atoms with Gasteiger partial charge in [-0.1, -0.05) is 54.1 Å². The van der Waals surface area contributed by atoms with Crippen LogP contribution < -0.4 is 9.96 Å². The quantitative estimate of drug-likeness (QED) is 0.605. The van der Waals surface area contributed by atoms with E-state index in [2.05, 4.69) is 0 Å². The summed E-state index contributed by atoms with van der Waals surface area (Å²) >= 11 is 6.07. The summed E-state index contributed by atoms with van der Waals surface area (Å²) in [5.74, 6) is -3.04. The third-order valence-corrected chi connectivity index (χ3v) is 5.94. The topological polar surface area (TPSA) is 87.2 Å². The van der Waals surface area contributed by atoms with Crippen molar-refractivity contribution in [1.29, 1.82) is 0 Å². The first-order valence-corrected chi connectivity index (χ1v) is 10.3. The molecule has 1 N–H and O–H groups in total. The average molecular weight is 449 g/mol. The van der Waals surface area contributed by atoms with Crippen LogP contribution in [0.3, 0.4) is 0 Å². The molecule has 3 aromatic carbocycles. The lowest BCUT2D eigenvalue weighted by Gasteiger charge is -2.29. The second-order valence-corrected chi connectivity index (χ2v) is 7.98. The van der Waals surface area contributed by atoms with E-state index in [0.29, 0.717) is 22.0 Å². The molecule has 0 aliphatic carbocycles. The van der Waals surface area contributed by atoms with Crippen LogP contribution in [0, 0.1) is 5.92 Å². The van der Waals surface area contributed by atoms with Gasteiger partial charge in [0.2, 0.25) is 5.91 Å². The molecule has 0 spiro atoms. The van der Waals surface area contributed by atoms with Crippen LogP contribution in [0.4, 0.5) is 11.4 Å². The number of carbonyl (C=O) groups excluding carboxylic acids is 2. The monoisotopic (exact) mass is 448 g/mol. The smallest absolute Gasteiger partial charge is 0.336 e. The molecule has 2 fully saturated rings. The summed E-state index contributed by atoms with van der Waals surface area (Å²) in [5.41, 5.74) is 1.40.